The normalized spacial score (nSPS) is 15.3. The number of carbonyl (C=O) groups is 1. The van der Waals surface area contributed by atoms with Crippen molar-refractivity contribution in [3.8, 4) is 0 Å². The molecule has 2 rings (SSSR count). The van der Waals surface area contributed by atoms with Gasteiger partial charge in [-0.05, 0) is 30.9 Å². The maximum absolute atomic E-state index is 11.9. The number of hydrogen-bond donors (Lipinski definition) is 2. The summed E-state index contributed by atoms with van der Waals surface area (Å²) in [7, 11) is -3.77. The van der Waals surface area contributed by atoms with Crippen LogP contribution in [0.1, 0.15) is 12.8 Å². The molecular formula is C11H15N3O3S. The lowest BCUT2D eigenvalue weighted by molar-refractivity contribution is -0.118. The number of anilines is 1. The third-order valence-electron chi connectivity index (χ3n) is 2.70. The number of rotatable bonds is 5. The summed E-state index contributed by atoms with van der Waals surface area (Å²) in [4.78, 5) is 15.2. The van der Waals surface area contributed by atoms with Gasteiger partial charge in [-0.25, -0.2) is 13.4 Å². The molecular weight excluding hydrogens is 254 g/mol. The molecule has 1 aliphatic rings. The largest absolute Gasteiger partial charge is 0.396 e. The minimum atomic E-state index is -3.77. The van der Waals surface area contributed by atoms with Gasteiger partial charge in [-0.2, -0.15) is 0 Å². The van der Waals surface area contributed by atoms with Gasteiger partial charge in [0, 0.05) is 12.7 Å². The van der Waals surface area contributed by atoms with Crippen LogP contribution in [0.2, 0.25) is 0 Å². The van der Waals surface area contributed by atoms with Crippen LogP contribution in [0.25, 0.3) is 0 Å². The van der Waals surface area contributed by atoms with Crippen molar-refractivity contribution in [1.29, 1.82) is 0 Å². The lowest BCUT2D eigenvalue weighted by Gasteiger charge is -2.06. The second kappa shape index (κ2) is 4.93. The van der Waals surface area contributed by atoms with Crippen LogP contribution in [0.5, 0.6) is 0 Å². The zero-order valence-electron chi connectivity index (χ0n) is 9.80. The molecule has 0 spiro atoms. The first-order chi connectivity index (χ1) is 8.49. The summed E-state index contributed by atoms with van der Waals surface area (Å²) in [5.41, 5.74) is 5.60. The van der Waals surface area contributed by atoms with Gasteiger partial charge in [0.15, 0.2) is 5.03 Å². The van der Waals surface area contributed by atoms with E-state index in [1.165, 1.54) is 12.3 Å². The first-order valence-corrected chi connectivity index (χ1v) is 7.34. The molecule has 1 heterocycles. The SMILES string of the molecule is Nc1cccnc1S(=O)(=O)CC(=O)NCC1CC1. The molecule has 0 unspecified atom stereocenters. The van der Waals surface area contributed by atoms with Crippen molar-refractivity contribution in [2.45, 2.75) is 17.9 Å². The van der Waals surface area contributed by atoms with E-state index in [0.29, 0.717) is 12.5 Å². The molecule has 6 nitrogen and oxygen atoms in total. The number of nitrogens with one attached hydrogen (secondary N) is 1. The minimum absolute atomic E-state index is 0.0625. The smallest absolute Gasteiger partial charge is 0.235 e. The Labute approximate surface area is 106 Å². The second-order valence-corrected chi connectivity index (χ2v) is 6.31. The standard InChI is InChI=1S/C11H15N3O3S/c12-9-2-1-5-13-11(9)18(16,17)7-10(15)14-6-8-3-4-8/h1-2,5,8H,3-4,6-7,12H2,(H,14,15). The molecule has 1 fully saturated rings. The molecule has 1 aromatic heterocycles. The predicted molar refractivity (Wildman–Crippen MR) is 66.4 cm³/mol. The topological polar surface area (TPSA) is 102 Å². The van der Waals surface area contributed by atoms with Crippen molar-refractivity contribution >= 4 is 21.4 Å². The van der Waals surface area contributed by atoms with Crippen molar-refractivity contribution in [3.63, 3.8) is 0 Å². The van der Waals surface area contributed by atoms with E-state index in [9.17, 15) is 13.2 Å². The first-order valence-electron chi connectivity index (χ1n) is 5.69. The van der Waals surface area contributed by atoms with Gasteiger partial charge < -0.3 is 11.1 Å². The Balaban J connectivity index is 2.02. The Morgan fingerprint density at radius 3 is 2.83 bits per heavy atom. The molecule has 0 aromatic carbocycles. The van der Waals surface area contributed by atoms with Gasteiger partial charge in [0.2, 0.25) is 15.7 Å². The number of amides is 1. The van der Waals surface area contributed by atoms with E-state index in [-0.39, 0.29) is 10.7 Å². The van der Waals surface area contributed by atoms with Gasteiger partial charge in [0.1, 0.15) is 5.75 Å². The summed E-state index contributed by atoms with van der Waals surface area (Å²) in [5.74, 6) is -0.607. The molecule has 3 N–H and O–H groups in total. The van der Waals surface area contributed by atoms with Crippen molar-refractivity contribution < 1.29 is 13.2 Å². The Bertz CT molecular complexity index is 552. The highest BCUT2D eigenvalue weighted by Crippen LogP contribution is 2.27. The molecule has 18 heavy (non-hydrogen) atoms. The average Bonchev–Trinajstić information content (AvgIpc) is 3.10. The Morgan fingerprint density at radius 2 is 2.22 bits per heavy atom. The monoisotopic (exact) mass is 269 g/mol. The van der Waals surface area contributed by atoms with E-state index in [1.807, 2.05) is 0 Å². The molecule has 1 amide bonds. The van der Waals surface area contributed by atoms with Crippen LogP contribution < -0.4 is 11.1 Å². The zero-order valence-corrected chi connectivity index (χ0v) is 10.6. The van der Waals surface area contributed by atoms with Gasteiger partial charge in [-0.1, -0.05) is 0 Å². The van der Waals surface area contributed by atoms with E-state index < -0.39 is 21.5 Å². The van der Waals surface area contributed by atoms with Gasteiger partial charge in [0.05, 0.1) is 5.69 Å². The first kappa shape index (κ1) is 12.8. The highest BCUT2D eigenvalue weighted by Gasteiger charge is 2.25. The Morgan fingerprint density at radius 1 is 1.50 bits per heavy atom. The van der Waals surface area contributed by atoms with Crippen molar-refractivity contribution in [1.82, 2.24) is 10.3 Å². The number of nitrogens with two attached hydrogens (primary N) is 1. The molecule has 0 bridgehead atoms. The fourth-order valence-corrected chi connectivity index (χ4v) is 2.77. The fraction of sp³-hybridized carbons (Fsp3) is 0.455. The summed E-state index contributed by atoms with van der Waals surface area (Å²) in [6.07, 6.45) is 3.53. The summed E-state index contributed by atoms with van der Waals surface area (Å²) in [6.45, 7) is 0.548. The maximum atomic E-state index is 11.9. The van der Waals surface area contributed by atoms with Gasteiger partial charge >= 0.3 is 0 Å². The molecule has 0 radical (unpaired) electrons. The van der Waals surface area contributed by atoms with E-state index in [4.69, 9.17) is 5.73 Å². The predicted octanol–water partition coefficient (Wildman–Crippen LogP) is -0.0363. The van der Waals surface area contributed by atoms with Crippen molar-refractivity contribution in [2.75, 3.05) is 18.0 Å². The third-order valence-corrected chi connectivity index (χ3v) is 4.27. The van der Waals surface area contributed by atoms with E-state index in [2.05, 4.69) is 10.3 Å². The number of hydrogen-bond acceptors (Lipinski definition) is 5. The van der Waals surface area contributed by atoms with Crippen LogP contribution in [0.4, 0.5) is 5.69 Å². The van der Waals surface area contributed by atoms with Crippen LogP contribution in [0.15, 0.2) is 23.4 Å². The number of pyridine rings is 1. The quantitative estimate of drug-likeness (QED) is 0.781. The average molecular weight is 269 g/mol. The van der Waals surface area contributed by atoms with Crippen molar-refractivity contribution in [3.05, 3.63) is 18.3 Å². The summed E-state index contributed by atoms with van der Waals surface area (Å²) < 4.78 is 23.8. The number of carbonyl (C=O) groups excluding carboxylic acids is 1. The second-order valence-electron chi connectivity index (χ2n) is 4.40. The fourth-order valence-electron chi connectivity index (χ4n) is 1.54. The highest BCUT2D eigenvalue weighted by atomic mass is 32.2. The van der Waals surface area contributed by atoms with Gasteiger partial charge in [-0.3, -0.25) is 4.79 Å². The summed E-state index contributed by atoms with van der Waals surface area (Å²) >= 11 is 0. The van der Waals surface area contributed by atoms with E-state index in [1.54, 1.807) is 6.07 Å². The molecule has 1 saturated carbocycles. The number of nitrogens with zero attached hydrogens (tertiary/aromatic N) is 1. The maximum Gasteiger partial charge on any atom is 0.235 e. The van der Waals surface area contributed by atoms with E-state index >= 15 is 0 Å². The molecule has 1 aromatic rings. The van der Waals surface area contributed by atoms with Crippen LogP contribution in [0.3, 0.4) is 0 Å². The van der Waals surface area contributed by atoms with Gasteiger partial charge in [-0.15, -0.1) is 0 Å². The third kappa shape index (κ3) is 3.19. The number of aromatic nitrogens is 1. The number of sulfone groups is 1. The summed E-state index contributed by atoms with van der Waals surface area (Å²) in [5, 5.41) is 2.37. The van der Waals surface area contributed by atoms with E-state index in [0.717, 1.165) is 12.8 Å². The van der Waals surface area contributed by atoms with Crippen LogP contribution in [0, 0.1) is 5.92 Å². The van der Waals surface area contributed by atoms with Crippen LogP contribution >= 0.6 is 0 Å². The molecule has 0 saturated heterocycles. The highest BCUT2D eigenvalue weighted by molar-refractivity contribution is 7.92. The zero-order chi connectivity index (χ0) is 13.2. The van der Waals surface area contributed by atoms with Crippen molar-refractivity contribution in [2.24, 2.45) is 5.92 Å². The molecule has 0 aliphatic heterocycles. The minimum Gasteiger partial charge on any atom is -0.396 e. The molecule has 7 heteroatoms. The molecule has 0 atom stereocenters. The Kier molecular flexibility index (Phi) is 3.51. The lowest BCUT2D eigenvalue weighted by Crippen LogP contribution is -2.32. The van der Waals surface area contributed by atoms with Gasteiger partial charge in [0.25, 0.3) is 0 Å². The summed E-state index contributed by atoms with van der Waals surface area (Å²) in [6, 6.07) is 2.99. The molecule has 1 aliphatic carbocycles. The van der Waals surface area contributed by atoms with Crippen LogP contribution in [-0.4, -0.2) is 31.6 Å². The number of nitrogen functional groups attached to an aromatic ring is 1. The lowest BCUT2D eigenvalue weighted by atomic mass is 10.4. The molecule has 98 valence electrons. The Hall–Kier alpha value is -1.63. The van der Waals surface area contributed by atoms with Crippen LogP contribution in [-0.2, 0) is 14.6 Å².